The van der Waals surface area contributed by atoms with Gasteiger partial charge in [-0.3, -0.25) is 4.98 Å². The average molecular weight is 311 g/mol. The first-order valence-electron chi connectivity index (χ1n) is 7.46. The van der Waals surface area contributed by atoms with E-state index in [-0.39, 0.29) is 18.2 Å². The highest BCUT2D eigenvalue weighted by atomic mass is 32.1. The third-order valence-corrected chi connectivity index (χ3v) is 4.37. The summed E-state index contributed by atoms with van der Waals surface area (Å²) in [6, 6.07) is 0.384. The fraction of sp³-hybridized carbons (Fsp3) is 0.733. The molecule has 2 atom stereocenters. The summed E-state index contributed by atoms with van der Waals surface area (Å²) in [5.74, 6) is 0.568. The van der Waals surface area contributed by atoms with Gasteiger partial charge in [0, 0.05) is 29.7 Å². The van der Waals surface area contributed by atoms with Crippen molar-refractivity contribution in [3.63, 3.8) is 0 Å². The van der Waals surface area contributed by atoms with E-state index in [9.17, 15) is 4.79 Å². The third-order valence-electron chi connectivity index (χ3n) is 3.42. The summed E-state index contributed by atoms with van der Waals surface area (Å²) in [5, 5.41) is 6.48. The van der Waals surface area contributed by atoms with Gasteiger partial charge in [0.2, 0.25) is 0 Å². The molecular weight excluding hydrogens is 286 g/mol. The van der Waals surface area contributed by atoms with Crippen LogP contribution in [0.25, 0.3) is 0 Å². The van der Waals surface area contributed by atoms with Crippen LogP contribution >= 0.6 is 11.3 Å². The van der Waals surface area contributed by atoms with Crippen LogP contribution in [0, 0.1) is 5.92 Å². The fourth-order valence-corrected chi connectivity index (χ4v) is 2.79. The molecule has 2 unspecified atom stereocenters. The molecule has 0 saturated heterocycles. The first-order chi connectivity index (χ1) is 9.85. The van der Waals surface area contributed by atoms with Crippen molar-refractivity contribution in [2.24, 2.45) is 5.92 Å². The number of rotatable bonds is 6. The Labute approximate surface area is 130 Å². The van der Waals surface area contributed by atoms with Crippen molar-refractivity contribution in [1.82, 2.24) is 15.6 Å². The lowest BCUT2D eigenvalue weighted by atomic mass is 10.1. The van der Waals surface area contributed by atoms with Gasteiger partial charge >= 0.3 is 6.09 Å². The van der Waals surface area contributed by atoms with Gasteiger partial charge in [0.05, 0.1) is 5.51 Å². The molecule has 1 fully saturated rings. The maximum absolute atomic E-state index is 11.9. The molecule has 118 valence electrons. The van der Waals surface area contributed by atoms with Crippen molar-refractivity contribution in [3.05, 3.63) is 16.6 Å². The Bertz CT molecular complexity index is 452. The van der Waals surface area contributed by atoms with Crippen LogP contribution in [0.2, 0.25) is 0 Å². The topological polar surface area (TPSA) is 63.2 Å². The monoisotopic (exact) mass is 311 g/mol. The molecule has 2 rings (SSSR count). The Morgan fingerprint density at radius 1 is 1.52 bits per heavy atom. The standard InChI is InChI=1S/C15H25N3O2S/c1-10(13-8-16-9-21-13)17-7-12(11-5-6-11)18-14(19)20-15(2,3)4/h8-12,17H,5-7H2,1-4H3,(H,18,19). The number of carbonyl (C=O) groups excluding carboxylic acids is 1. The van der Waals surface area contributed by atoms with E-state index in [0.29, 0.717) is 5.92 Å². The summed E-state index contributed by atoms with van der Waals surface area (Å²) in [6.07, 6.45) is 3.91. The van der Waals surface area contributed by atoms with E-state index >= 15 is 0 Å². The molecule has 0 aliphatic heterocycles. The number of amides is 1. The summed E-state index contributed by atoms with van der Waals surface area (Å²) in [4.78, 5) is 17.2. The van der Waals surface area contributed by atoms with Crippen LogP contribution in [-0.4, -0.2) is 29.3 Å². The van der Waals surface area contributed by atoms with E-state index in [1.165, 1.54) is 17.7 Å². The molecular formula is C15H25N3O2S. The summed E-state index contributed by atoms with van der Waals surface area (Å²) >= 11 is 1.64. The van der Waals surface area contributed by atoms with E-state index in [0.717, 1.165) is 6.54 Å². The van der Waals surface area contributed by atoms with Crippen molar-refractivity contribution < 1.29 is 9.53 Å². The highest BCUT2D eigenvalue weighted by molar-refractivity contribution is 7.09. The van der Waals surface area contributed by atoms with Gasteiger partial charge in [-0.15, -0.1) is 11.3 Å². The van der Waals surface area contributed by atoms with Crippen molar-refractivity contribution in [2.75, 3.05) is 6.54 Å². The molecule has 1 aromatic rings. The third kappa shape index (κ3) is 5.63. The molecule has 1 aromatic heterocycles. The van der Waals surface area contributed by atoms with Crippen LogP contribution in [0.5, 0.6) is 0 Å². The quantitative estimate of drug-likeness (QED) is 0.847. The SMILES string of the molecule is CC(NCC(NC(=O)OC(C)(C)C)C1CC1)c1cncs1. The maximum Gasteiger partial charge on any atom is 0.407 e. The van der Waals surface area contributed by atoms with Gasteiger partial charge < -0.3 is 15.4 Å². The summed E-state index contributed by atoms with van der Waals surface area (Å²) in [6.45, 7) is 8.50. The second-order valence-electron chi connectivity index (χ2n) is 6.62. The molecule has 1 aliphatic carbocycles. The van der Waals surface area contributed by atoms with Gasteiger partial charge in [-0.25, -0.2) is 4.79 Å². The maximum atomic E-state index is 11.9. The zero-order valence-corrected chi connectivity index (χ0v) is 14.0. The second-order valence-corrected chi connectivity index (χ2v) is 7.54. The Balaban J connectivity index is 1.81. The van der Waals surface area contributed by atoms with E-state index in [1.807, 2.05) is 32.5 Å². The van der Waals surface area contributed by atoms with Crippen molar-refractivity contribution in [3.8, 4) is 0 Å². The second kappa shape index (κ2) is 6.75. The normalized spacial score (nSPS) is 18.1. The van der Waals surface area contributed by atoms with Gasteiger partial charge in [-0.1, -0.05) is 0 Å². The molecule has 1 amide bonds. The van der Waals surface area contributed by atoms with Gasteiger partial charge in [-0.05, 0) is 46.5 Å². The largest absolute Gasteiger partial charge is 0.444 e. The Morgan fingerprint density at radius 2 is 2.24 bits per heavy atom. The molecule has 0 aromatic carbocycles. The number of nitrogens with one attached hydrogen (secondary N) is 2. The predicted octanol–water partition coefficient (Wildman–Crippen LogP) is 3.10. The van der Waals surface area contributed by atoms with Crippen molar-refractivity contribution in [1.29, 1.82) is 0 Å². The number of nitrogens with zero attached hydrogens (tertiary/aromatic N) is 1. The van der Waals surface area contributed by atoms with E-state index < -0.39 is 5.60 Å². The molecule has 1 heterocycles. The number of aromatic nitrogens is 1. The average Bonchev–Trinajstić information content (AvgIpc) is 3.06. The van der Waals surface area contributed by atoms with E-state index in [1.54, 1.807) is 11.3 Å². The lowest BCUT2D eigenvalue weighted by Crippen LogP contribution is -2.45. The summed E-state index contributed by atoms with van der Waals surface area (Å²) in [5.41, 5.74) is 1.38. The summed E-state index contributed by atoms with van der Waals surface area (Å²) in [7, 11) is 0. The van der Waals surface area contributed by atoms with E-state index in [2.05, 4.69) is 22.5 Å². The number of ether oxygens (including phenoxy) is 1. The Kier molecular flexibility index (Phi) is 5.22. The molecule has 0 radical (unpaired) electrons. The molecule has 0 spiro atoms. The van der Waals surface area contributed by atoms with Crippen LogP contribution < -0.4 is 10.6 Å². The minimum atomic E-state index is -0.457. The number of carbonyl (C=O) groups is 1. The molecule has 0 bridgehead atoms. The number of alkyl carbamates (subject to hydrolysis) is 1. The fourth-order valence-electron chi connectivity index (χ4n) is 2.14. The number of hydrogen-bond donors (Lipinski definition) is 2. The van der Waals surface area contributed by atoms with Crippen LogP contribution in [0.1, 0.15) is 51.5 Å². The Morgan fingerprint density at radius 3 is 2.76 bits per heavy atom. The summed E-state index contributed by atoms with van der Waals surface area (Å²) < 4.78 is 5.34. The smallest absolute Gasteiger partial charge is 0.407 e. The minimum absolute atomic E-state index is 0.134. The Hall–Kier alpha value is -1.14. The molecule has 6 heteroatoms. The molecule has 1 aliphatic rings. The van der Waals surface area contributed by atoms with Crippen LogP contribution in [0.4, 0.5) is 4.79 Å². The highest BCUT2D eigenvalue weighted by Crippen LogP contribution is 2.33. The van der Waals surface area contributed by atoms with Gasteiger partial charge in [-0.2, -0.15) is 0 Å². The molecule has 1 saturated carbocycles. The lowest BCUT2D eigenvalue weighted by molar-refractivity contribution is 0.0497. The van der Waals surface area contributed by atoms with Crippen LogP contribution in [0.3, 0.4) is 0 Å². The van der Waals surface area contributed by atoms with Gasteiger partial charge in [0.15, 0.2) is 0 Å². The van der Waals surface area contributed by atoms with Gasteiger partial charge in [0.1, 0.15) is 5.60 Å². The lowest BCUT2D eigenvalue weighted by Gasteiger charge is -2.24. The van der Waals surface area contributed by atoms with Crippen molar-refractivity contribution >= 4 is 17.4 Å². The van der Waals surface area contributed by atoms with Gasteiger partial charge in [0.25, 0.3) is 0 Å². The first kappa shape index (κ1) is 16.2. The number of thiazole rings is 1. The van der Waals surface area contributed by atoms with Crippen LogP contribution in [-0.2, 0) is 4.74 Å². The van der Waals surface area contributed by atoms with E-state index in [4.69, 9.17) is 4.74 Å². The highest BCUT2D eigenvalue weighted by Gasteiger charge is 2.33. The molecule has 5 nitrogen and oxygen atoms in total. The zero-order chi connectivity index (χ0) is 15.5. The first-order valence-corrected chi connectivity index (χ1v) is 8.34. The predicted molar refractivity (Wildman–Crippen MR) is 84.4 cm³/mol. The zero-order valence-electron chi connectivity index (χ0n) is 13.2. The molecule has 21 heavy (non-hydrogen) atoms. The van der Waals surface area contributed by atoms with Crippen molar-refractivity contribution in [2.45, 2.75) is 58.2 Å². The minimum Gasteiger partial charge on any atom is -0.444 e. The number of hydrogen-bond acceptors (Lipinski definition) is 5. The molecule has 2 N–H and O–H groups in total. The van der Waals surface area contributed by atoms with Crippen LogP contribution in [0.15, 0.2) is 11.7 Å².